The van der Waals surface area contributed by atoms with Gasteiger partial charge in [0.15, 0.2) is 11.6 Å². The fourth-order valence-electron chi connectivity index (χ4n) is 3.63. The largest absolute Gasteiger partial charge is 0.204 e. The number of rotatable bonds is 2. The van der Waals surface area contributed by atoms with E-state index in [2.05, 4.69) is 15.9 Å². The average molecular weight is 336 g/mol. The Hall–Kier alpha value is -0.150. The van der Waals surface area contributed by atoms with Crippen LogP contribution in [0.5, 0.6) is 0 Å². The number of hydrogen-bond donors (Lipinski definition) is 0. The van der Waals surface area contributed by atoms with E-state index in [1.54, 1.807) is 0 Å². The van der Waals surface area contributed by atoms with Crippen LogP contribution in [0.15, 0.2) is 12.1 Å². The van der Waals surface area contributed by atoms with E-state index in [0.29, 0.717) is 22.4 Å². The normalized spacial score (nSPS) is 31.9. The lowest BCUT2D eigenvalue weighted by Crippen LogP contribution is -2.16. The van der Waals surface area contributed by atoms with Gasteiger partial charge in [-0.1, -0.05) is 34.0 Å². The second-order valence-corrected chi connectivity index (χ2v) is 6.92. The van der Waals surface area contributed by atoms with E-state index in [0.717, 1.165) is 12.0 Å². The quantitative estimate of drug-likeness (QED) is 0.495. The van der Waals surface area contributed by atoms with Crippen LogP contribution in [-0.2, 0) is 0 Å². The molecule has 4 heteroatoms. The van der Waals surface area contributed by atoms with Crippen molar-refractivity contribution in [1.82, 2.24) is 0 Å². The Morgan fingerprint density at radius 3 is 2.50 bits per heavy atom. The lowest BCUT2D eigenvalue weighted by Gasteiger charge is -2.27. The molecule has 0 amide bonds. The summed E-state index contributed by atoms with van der Waals surface area (Å²) in [5, 5.41) is 0.318. The van der Waals surface area contributed by atoms with Gasteiger partial charge in [-0.2, -0.15) is 0 Å². The summed E-state index contributed by atoms with van der Waals surface area (Å²) in [7, 11) is 0. The summed E-state index contributed by atoms with van der Waals surface area (Å²) in [5.41, 5.74) is 0.688. The standard InChI is InChI=1S/C14H14BrClF2/c15-14(9-4-7-1-2-8(9)3-7)10-5-12(17)13(18)6-11(10)16/h5-9,14H,1-4H2. The Morgan fingerprint density at radius 2 is 1.89 bits per heavy atom. The molecule has 3 rings (SSSR count). The maximum absolute atomic E-state index is 13.3. The third-order valence-corrected chi connectivity index (χ3v) is 6.01. The lowest BCUT2D eigenvalue weighted by molar-refractivity contribution is 0.329. The first-order valence-electron chi connectivity index (χ1n) is 6.34. The third kappa shape index (κ3) is 2.09. The van der Waals surface area contributed by atoms with Gasteiger partial charge in [-0.25, -0.2) is 8.78 Å². The Kier molecular flexibility index (Phi) is 3.39. The zero-order valence-corrected chi connectivity index (χ0v) is 12.1. The highest BCUT2D eigenvalue weighted by Crippen LogP contribution is 2.55. The Labute approximate surface area is 119 Å². The predicted octanol–water partition coefficient (Wildman–Crippen LogP) is 5.49. The predicted molar refractivity (Wildman–Crippen MR) is 72.0 cm³/mol. The maximum Gasteiger partial charge on any atom is 0.160 e. The minimum absolute atomic E-state index is 0.0374. The summed E-state index contributed by atoms with van der Waals surface area (Å²) in [4.78, 5) is 0.0374. The van der Waals surface area contributed by atoms with Crippen LogP contribution in [-0.4, -0.2) is 0 Å². The zero-order valence-electron chi connectivity index (χ0n) is 9.80. The van der Waals surface area contributed by atoms with E-state index in [9.17, 15) is 8.78 Å². The fraction of sp³-hybridized carbons (Fsp3) is 0.571. The SMILES string of the molecule is Fc1cc(Cl)c(C(Br)C2CC3CCC2C3)cc1F. The monoisotopic (exact) mass is 334 g/mol. The lowest BCUT2D eigenvalue weighted by atomic mass is 9.84. The van der Waals surface area contributed by atoms with Gasteiger partial charge in [-0.15, -0.1) is 0 Å². The van der Waals surface area contributed by atoms with Crippen LogP contribution in [0.3, 0.4) is 0 Å². The van der Waals surface area contributed by atoms with E-state index in [1.165, 1.54) is 31.7 Å². The van der Waals surface area contributed by atoms with Crippen molar-refractivity contribution < 1.29 is 8.78 Å². The summed E-state index contributed by atoms with van der Waals surface area (Å²) in [6.45, 7) is 0. The molecular weight excluding hydrogens is 322 g/mol. The minimum atomic E-state index is -0.878. The van der Waals surface area contributed by atoms with Gasteiger partial charge < -0.3 is 0 Å². The van der Waals surface area contributed by atoms with Crippen molar-refractivity contribution in [2.24, 2.45) is 17.8 Å². The molecule has 4 unspecified atom stereocenters. The molecular formula is C14H14BrClF2. The minimum Gasteiger partial charge on any atom is -0.204 e. The second-order valence-electron chi connectivity index (χ2n) is 5.53. The van der Waals surface area contributed by atoms with Gasteiger partial charge in [0.05, 0.1) is 0 Å². The molecule has 2 aliphatic rings. The van der Waals surface area contributed by atoms with Gasteiger partial charge in [0, 0.05) is 9.85 Å². The topological polar surface area (TPSA) is 0 Å². The highest BCUT2D eigenvalue weighted by molar-refractivity contribution is 9.09. The summed E-state index contributed by atoms with van der Waals surface area (Å²) in [6, 6.07) is 2.32. The number of halogens is 4. The Bertz CT molecular complexity index is 477. The number of benzene rings is 1. The molecule has 2 saturated carbocycles. The van der Waals surface area contributed by atoms with Gasteiger partial charge in [0.2, 0.25) is 0 Å². The van der Waals surface area contributed by atoms with Crippen molar-refractivity contribution in [3.05, 3.63) is 34.4 Å². The third-order valence-electron chi connectivity index (χ3n) is 4.51. The van der Waals surface area contributed by atoms with Crippen LogP contribution in [0.4, 0.5) is 8.78 Å². The van der Waals surface area contributed by atoms with Crippen molar-refractivity contribution in [3.63, 3.8) is 0 Å². The summed E-state index contributed by atoms with van der Waals surface area (Å²) >= 11 is 9.69. The molecule has 0 spiro atoms. The molecule has 2 fully saturated rings. The highest BCUT2D eigenvalue weighted by Gasteiger charge is 2.43. The van der Waals surface area contributed by atoms with Gasteiger partial charge in [-0.3, -0.25) is 0 Å². The molecule has 18 heavy (non-hydrogen) atoms. The fourth-order valence-corrected chi connectivity index (χ4v) is 5.06. The van der Waals surface area contributed by atoms with Crippen LogP contribution in [0.25, 0.3) is 0 Å². The van der Waals surface area contributed by atoms with Crippen molar-refractivity contribution >= 4 is 27.5 Å². The first-order valence-corrected chi connectivity index (χ1v) is 7.64. The van der Waals surface area contributed by atoms with Crippen LogP contribution in [0.2, 0.25) is 5.02 Å². The number of fused-ring (bicyclic) bond motifs is 2. The molecule has 0 saturated heterocycles. The zero-order chi connectivity index (χ0) is 12.9. The first kappa shape index (κ1) is 12.9. The van der Waals surface area contributed by atoms with Gasteiger partial charge >= 0.3 is 0 Å². The van der Waals surface area contributed by atoms with E-state index in [4.69, 9.17) is 11.6 Å². The van der Waals surface area contributed by atoms with E-state index in [1.807, 2.05) is 0 Å². The molecule has 1 aromatic carbocycles. The molecule has 1 aromatic rings. The molecule has 4 atom stereocenters. The van der Waals surface area contributed by atoms with E-state index < -0.39 is 11.6 Å². The smallest absolute Gasteiger partial charge is 0.160 e. The van der Waals surface area contributed by atoms with Crippen LogP contribution < -0.4 is 0 Å². The van der Waals surface area contributed by atoms with Gasteiger partial charge in [-0.05, 0) is 54.7 Å². The average Bonchev–Trinajstić information content (AvgIpc) is 2.95. The maximum atomic E-state index is 13.3. The van der Waals surface area contributed by atoms with Crippen LogP contribution in [0.1, 0.15) is 36.1 Å². The van der Waals surface area contributed by atoms with Crippen LogP contribution in [0, 0.1) is 29.4 Å². The first-order chi connectivity index (χ1) is 8.56. The Morgan fingerprint density at radius 1 is 1.17 bits per heavy atom. The molecule has 0 aliphatic heterocycles. The molecule has 0 N–H and O–H groups in total. The van der Waals surface area contributed by atoms with Crippen LogP contribution >= 0.6 is 27.5 Å². The van der Waals surface area contributed by atoms with Crippen molar-refractivity contribution in [1.29, 1.82) is 0 Å². The highest BCUT2D eigenvalue weighted by atomic mass is 79.9. The van der Waals surface area contributed by atoms with E-state index in [-0.39, 0.29) is 4.83 Å². The summed E-state index contributed by atoms with van der Waals surface area (Å²) < 4.78 is 26.4. The number of alkyl halides is 1. The second kappa shape index (κ2) is 4.75. The Balaban J connectivity index is 1.88. The molecule has 0 heterocycles. The summed E-state index contributed by atoms with van der Waals surface area (Å²) in [6.07, 6.45) is 5.05. The molecule has 0 aromatic heterocycles. The van der Waals surface area contributed by atoms with Crippen molar-refractivity contribution in [3.8, 4) is 0 Å². The molecule has 0 radical (unpaired) electrons. The number of hydrogen-bond acceptors (Lipinski definition) is 0. The molecule has 2 aliphatic carbocycles. The molecule has 98 valence electrons. The van der Waals surface area contributed by atoms with Gasteiger partial charge in [0.1, 0.15) is 0 Å². The molecule has 2 bridgehead atoms. The molecule has 0 nitrogen and oxygen atoms in total. The summed E-state index contributed by atoms with van der Waals surface area (Å²) in [5.74, 6) is 0.345. The van der Waals surface area contributed by atoms with Crippen molar-refractivity contribution in [2.45, 2.75) is 30.5 Å². The van der Waals surface area contributed by atoms with Gasteiger partial charge in [0.25, 0.3) is 0 Å². The van der Waals surface area contributed by atoms with E-state index >= 15 is 0 Å². The van der Waals surface area contributed by atoms with Crippen molar-refractivity contribution in [2.75, 3.05) is 0 Å².